The third-order valence-corrected chi connectivity index (χ3v) is 7.27. The summed E-state index contributed by atoms with van der Waals surface area (Å²) < 4.78 is 28.8. The molecule has 0 radical (unpaired) electrons. The average molecular weight is 405 g/mol. The second-order valence-electron chi connectivity index (χ2n) is 7.19. The van der Waals surface area contributed by atoms with Crippen LogP contribution in [0.4, 0.5) is 5.69 Å². The van der Waals surface area contributed by atoms with Crippen molar-refractivity contribution in [3.8, 4) is 0 Å². The molecule has 1 aliphatic carbocycles. The molecule has 1 heterocycles. The summed E-state index contributed by atoms with van der Waals surface area (Å²) in [4.78, 5) is 13.8. The van der Waals surface area contributed by atoms with Crippen LogP contribution >= 0.6 is 11.6 Å². The topological polar surface area (TPSA) is 66.5 Å². The Hall–Kier alpha value is -1.89. The van der Waals surface area contributed by atoms with Crippen molar-refractivity contribution in [1.82, 2.24) is 4.72 Å². The van der Waals surface area contributed by atoms with Gasteiger partial charge in [0.05, 0.1) is 10.4 Å². The highest BCUT2D eigenvalue weighted by molar-refractivity contribution is 7.89. The number of rotatable bonds is 5. The van der Waals surface area contributed by atoms with Crippen LogP contribution < -0.4 is 9.62 Å². The smallest absolute Gasteiger partial charge is 0.241 e. The zero-order valence-corrected chi connectivity index (χ0v) is 16.4. The summed E-state index contributed by atoms with van der Waals surface area (Å²) in [5, 5.41) is 0.628. The summed E-state index contributed by atoms with van der Waals surface area (Å²) in [6, 6.07) is 13.9. The van der Waals surface area contributed by atoms with E-state index in [2.05, 4.69) is 4.72 Å². The lowest BCUT2D eigenvalue weighted by atomic mass is 9.73. The maximum Gasteiger partial charge on any atom is 0.241 e. The molecule has 4 rings (SSSR count). The van der Waals surface area contributed by atoms with Crippen LogP contribution in [0.5, 0.6) is 0 Å². The largest absolute Gasteiger partial charge is 0.312 e. The van der Waals surface area contributed by atoms with Crippen molar-refractivity contribution in [2.24, 2.45) is 0 Å². The van der Waals surface area contributed by atoms with E-state index in [0.29, 0.717) is 18.0 Å². The molecule has 1 saturated heterocycles. The van der Waals surface area contributed by atoms with Gasteiger partial charge in [-0.2, -0.15) is 0 Å². The highest BCUT2D eigenvalue weighted by atomic mass is 35.5. The van der Waals surface area contributed by atoms with Gasteiger partial charge in [-0.3, -0.25) is 4.79 Å². The van der Waals surface area contributed by atoms with Gasteiger partial charge in [0.2, 0.25) is 15.9 Å². The molecule has 142 valence electrons. The molecule has 2 aromatic carbocycles. The van der Waals surface area contributed by atoms with Gasteiger partial charge in [0.15, 0.2) is 0 Å². The monoisotopic (exact) mass is 404 g/mol. The number of hydrogen-bond donors (Lipinski definition) is 1. The SMILES string of the molecule is O=C1CCCN1c1ccc(S(=O)(=O)NC2(c3ccc(Cl)cc3)CCC2)cc1. The van der Waals surface area contributed by atoms with Crippen molar-refractivity contribution in [3.05, 3.63) is 59.1 Å². The van der Waals surface area contributed by atoms with Gasteiger partial charge < -0.3 is 4.90 Å². The number of carbonyl (C=O) groups excluding carboxylic acids is 1. The van der Waals surface area contributed by atoms with Crippen molar-refractivity contribution in [2.45, 2.75) is 42.5 Å². The van der Waals surface area contributed by atoms with Gasteiger partial charge in [-0.15, -0.1) is 0 Å². The Kier molecular flexibility index (Phi) is 4.74. The van der Waals surface area contributed by atoms with Crippen molar-refractivity contribution in [2.75, 3.05) is 11.4 Å². The van der Waals surface area contributed by atoms with Gasteiger partial charge in [-0.05, 0) is 67.6 Å². The van der Waals surface area contributed by atoms with E-state index in [4.69, 9.17) is 11.6 Å². The molecular weight excluding hydrogens is 384 g/mol. The van der Waals surface area contributed by atoms with Gasteiger partial charge in [-0.25, -0.2) is 13.1 Å². The molecular formula is C20H21ClN2O3S. The van der Waals surface area contributed by atoms with E-state index < -0.39 is 15.6 Å². The standard InChI is InChI=1S/C20H21ClN2O3S/c21-16-6-4-15(5-7-16)20(12-2-13-20)22-27(25,26)18-10-8-17(9-11-18)23-14-1-3-19(23)24/h4-11,22H,1-3,12-14H2. The minimum Gasteiger partial charge on any atom is -0.312 e. The molecule has 1 saturated carbocycles. The number of benzene rings is 2. The maximum atomic E-state index is 13.0. The van der Waals surface area contributed by atoms with Gasteiger partial charge >= 0.3 is 0 Å². The summed E-state index contributed by atoms with van der Waals surface area (Å²) >= 11 is 5.96. The van der Waals surface area contributed by atoms with Crippen LogP contribution in [0.2, 0.25) is 5.02 Å². The van der Waals surface area contributed by atoms with Gasteiger partial charge in [0.1, 0.15) is 0 Å². The third-order valence-electron chi connectivity index (χ3n) is 5.47. The molecule has 2 fully saturated rings. The molecule has 27 heavy (non-hydrogen) atoms. The van der Waals surface area contributed by atoms with Gasteiger partial charge in [0, 0.05) is 23.7 Å². The molecule has 0 unspecified atom stereocenters. The lowest BCUT2D eigenvalue weighted by molar-refractivity contribution is -0.117. The number of anilines is 1. The fraction of sp³-hybridized carbons (Fsp3) is 0.350. The molecule has 0 bridgehead atoms. The number of amides is 1. The first kappa shape index (κ1) is 18.5. The van der Waals surface area contributed by atoms with Crippen LogP contribution in [0, 0.1) is 0 Å². The quantitative estimate of drug-likeness (QED) is 0.823. The third kappa shape index (κ3) is 3.49. The van der Waals surface area contributed by atoms with E-state index >= 15 is 0 Å². The lowest BCUT2D eigenvalue weighted by Gasteiger charge is -2.42. The minimum absolute atomic E-state index is 0.0832. The Labute approximate surface area is 164 Å². The van der Waals surface area contributed by atoms with Crippen LogP contribution in [-0.2, 0) is 20.4 Å². The Balaban J connectivity index is 1.57. The van der Waals surface area contributed by atoms with E-state index in [1.54, 1.807) is 41.3 Å². The van der Waals surface area contributed by atoms with Crippen LogP contribution in [0.3, 0.4) is 0 Å². The Morgan fingerprint density at radius 2 is 1.63 bits per heavy atom. The molecule has 1 amide bonds. The molecule has 5 nitrogen and oxygen atoms in total. The first-order chi connectivity index (χ1) is 12.9. The molecule has 7 heteroatoms. The molecule has 0 aromatic heterocycles. The second kappa shape index (κ2) is 6.93. The van der Waals surface area contributed by atoms with Crippen LogP contribution in [0.1, 0.15) is 37.7 Å². The Bertz CT molecular complexity index is 952. The molecule has 2 aromatic rings. The van der Waals surface area contributed by atoms with Crippen LogP contribution in [0.25, 0.3) is 0 Å². The molecule has 0 spiro atoms. The maximum absolute atomic E-state index is 13.0. The summed E-state index contributed by atoms with van der Waals surface area (Å²) in [6.45, 7) is 0.683. The summed E-state index contributed by atoms with van der Waals surface area (Å²) in [5.74, 6) is 0.0832. The Morgan fingerprint density at radius 1 is 0.963 bits per heavy atom. The molecule has 0 atom stereocenters. The van der Waals surface area contributed by atoms with Crippen molar-refractivity contribution in [1.29, 1.82) is 0 Å². The van der Waals surface area contributed by atoms with E-state index in [1.807, 2.05) is 12.1 Å². The van der Waals surface area contributed by atoms with E-state index in [1.165, 1.54) is 0 Å². The zero-order chi connectivity index (χ0) is 19.1. The fourth-order valence-corrected chi connectivity index (χ4v) is 5.37. The highest BCUT2D eigenvalue weighted by Gasteiger charge is 2.42. The van der Waals surface area contributed by atoms with Crippen LogP contribution in [-0.4, -0.2) is 20.9 Å². The van der Waals surface area contributed by atoms with Gasteiger partial charge in [-0.1, -0.05) is 23.7 Å². The molecule has 1 N–H and O–H groups in total. The van der Waals surface area contributed by atoms with E-state index in [0.717, 1.165) is 36.9 Å². The van der Waals surface area contributed by atoms with Crippen LogP contribution in [0.15, 0.2) is 53.4 Å². The minimum atomic E-state index is -3.68. The number of sulfonamides is 1. The predicted octanol–water partition coefficient (Wildman–Crippen LogP) is 3.82. The normalized spacial score (nSPS) is 19.1. The average Bonchev–Trinajstić information content (AvgIpc) is 3.05. The first-order valence-electron chi connectivity index (χ1n) is 9.10. The van der Waals surface area contributed by atoms with E-state index in [9.17, 15) is 13.2 Å². The van der Waals surface area contributed by atoms with Crippen molar-refractivity contribution >= 4 is 33.2 Å². The highest BCUT2D eigenvalue weighted by Crippen LogP contribution is 2.42. The predicted molar refractivity (Wildman–Crippen MR) is 105 cm³/mol. The summed E-state index contributed by atoms with van der Waals surface area (Å²) in [5.41, 5.74) is 1.10. The number of carbonyl (C=O) groups is 1. The zero-order valence-electron chi connectivity index (χ0n) is 14.8. The number of hydrogen-bond acceptors (Lipinski definition) is 3. The molecule has 2 aliphatic rings. The second-order valence-corrected chi connectivity index (χ2v) is 9.31. The van der Waals surface area contributed by atoms with Gasteiger partial charge in [0.25, 0.3) is 0 Å². The first-order valence-corrected chi connectivity index (χ1v) is 11.0. The number of halogens is 1. The summed E-state index contributed by atoms with van der Waals surface area (Å²) in [6.07, 6.45) is 3.87. The summed E-state index contributed by atoms with van der Waals surface area (Å²) in [7, 11) is -3.68. The van der Waals surface area contributed by atoms with Crippen molar-refractivity contribution in [3.63, 3.8) is 0 Å². The number of nitrogens with zero attached hydrogens (tertiary/aromatic N) is 1. The van der Waals surface area contributed by atoms with Crippen molar-refractivity contribution < 1.29 is 13.2 Å². The fourth-order valence-electron chi connectivity index (χ4n) is 3.79. The lowest BCUT2D eigenvalue weighted by Crippen LogP contribution is -2.50. The number of nitrogens with one attached hydrogen (secondary N) is 1. The Morgan fingerprint density at radius 3 is 2.15 bits per heavy atom. The molecule has 1 aliphatic heterocycles. The van der Waals surface area contributed by atoms with E-state index in [-0.39, 0.29) is 10.8 Å².